The van der Waals surface area contributed by atoms with E-state index in [1.54, 1.807) is 0 Å². The summed E-state index contributed by atoms with van der Waals surface area (Å²) >= 11 is 0. The van der Waals surface area contributed by atoms with E-state index in [-0.39, 0.29) is 32.6 Å². The number of hydrogen-bond acceptors (Lipinski definition) is 8. The van der Waals surface area contributed by atoms with E-state index in [0.29, 0.717) is 6.42 Å². The van der Waals surface area contributed by atoms with Gasteiger partial charge in [0.15, 0.2) is 6.10 Å². The number of hydrogen-bond donors (Lipinski definition) is 2. The van der Waals surface area contributed by atoms with Gasteiger partial charge in [-0.3, -0.25) is 18.6 Å². The molecular weight excluding hydrogens is 641 g/mol. The van der Waals surface area contributed by atoms with Gasteiger partial charge in [0, 0.05) is 19.4 Å². The fraction of sp³-hybridized carbons (Fsp3) is 0.846. The molecule has 0 heterocycles. The Morgan fingerprint density at radius 3 is 1.47 bits per heavy atom. The number of allylic oxidation sites excluding steroid dienone is 4. The molecule has 0 aromatic rings. The van der Waals surface area contributed by atoms with Crippen molar-refractivity contribution in [3.8, 4) is 0 Å². The summed E-state index contributed by atoms with van der Waals surface area (Å²) in [5.41, 5.74) is 5.33. The maximum absolute atomic E-state index is 12.5. The highest BCUT2D eigenvalue weighted by Gasteiger charge is 2.25. The van der Waals surface area contributed by atoms with Crippen molar-refractivity contribution in [2.75, 3.05) is 26.4 Å². The highest BCUT2D eigenvalue weighted by Crippen LogP contribution is 2.43. The maximum Gasteiger partial charge on any atom is 0.472 e. The van der Waals surface area contributed by atoms with Crippen molar-refractivity contribution in [2.24, 2.45) is 5.73 Å². The molecule has 9 nitrogen and oxygen atoms in total. The summed E-state index contributed by atoms with van der Waals surface area (Å²) in [7, 11) is -4.37. The molecule has 0 radical (unpaired) electrons. The first-order valence-electron chi connectivity index (χ1n) is 19.8. The molecule has 3 N–H and O–H groups in total. The van der Waals surface area contributed by atoms with Gasteiger partial charge in [0.25, 0.3) is 0 Å². The minimum absolute atomic E-state index is 0.0517. The van der Waals surface area contributed by atoms with Crippen molar-refractivity contribution < 1.29 is 37.6 Å². The molecule has 10 heteroatoms. The number of ether oxygens (including phenoxy) is 2. The third kappa shape index (κ3) is 36.1. The van der Waals surface area contributed by atoms with Gasteiger partial charge in [0.05, 0.1) is 13.2 Å². The van der Waals surface area contributed by atoms with Crippen LogP contribution in [0.2, 0.25) is 0 Å². The lowest BCUT2D eigenvalue weighted by Gasteiger charge is -2.19. The molecule has 0 aromatic heterocycles. The van der Waals surface area contributed by atoms with Gasteiger partial charge in [-0.15, -0.1) is 0 Å². The Morgan fingerprint density at radius 1 is 0.592 bits per heavy atom. The zero-order valence-electron chi connectivity index (χ0n) is 31.4. The van der Waals surface area contributed by atoms with Crippen molar-refractivity contribution in [2.45, 2.75) is 187 Å². The molecule has 0 spiro atoms. The molecule has 0 amide bonds. The van der Waals surface area contributed by atoms with E-state index >= 15 is 0 Å². The first kappa shape index (κ1) is 47.5. The molecule has 0 bridgehead atoms. The van der Waals surface area contributed by atoms with Gasteiger partial charge in [-0.1, -0.05) is 128 Å². The number of unbranched alkanes of at least 4 members (excludes halogenated alkanes) is 20. The fourth-order valence-corrected chi connectivity index (χ4v) is 6.09. The molecule has 49 heavy (non-hydrogen) atoms. The number of rotatable bonds is 37. The van der Waals surface area contributed by atoms with Crippen LogP contribution in [0.3, 0.4) is 0 Å². The van der Waals surface area contributed by atoms with E-state index in [9.17, 15) is 19.0 Å². The summed E-state index contributed by atoms with van der Waals surface area (Å²) in [6.45, 7) is 3.69. The fourth-order valence-electron chi connectivity index (χ4n) is 5.33. The lowest BCUT2D eigenvalue weighted by Crippen LogP contribution is -2.29. The number of phosphoric ester groups is 1. The van der Waals surface area contributed by atoms with E-state index in [1.165, 1.54) is 77.0 Å². The molecule has 2 atom stereocenters. The standard InChI is InChI=1S/C39H74NO8P/c1-3-5-7-9-11-13-15-17-18-20-22-24-26-28-30-32-39(42)48-37(36-47-49(43,44)46-34-33-40)35-45-38(41)31-29-27-25-23-21-19-16-14-12-10-8-6-4-2/h14,16-18,37H,3-13,15,19-36,40H2,1-2H3,(H,43,44)/b16-14+,18-17+/t37-/m1/s1. The summed E-state index contributed by atoms with van der Waals surface area (Å²) in [6, 6.07) is 0. The molecule has 0 aromatic carbocycles. The van der Waals surface area contributed by atoms with Crippen LogP contribution in [0.4, 0.5) is 0 Å². The van der Waals surface area contributed by atoms with Crippen LogP contribution in [-0.2, 0) is 32.7 Å². The molecule has 0 aliphatic heterocycles. The lowest BCUT2D eigenvalue weighted by atomic mass is 10.1. The molecular formula is C39H74NO8P. The highest BCUT2D eigenvalue weighted by molar-refractivity contribution is 7.47. The van der Waals surface area contributed by atoms with E-state index < -0.39 is 32.5 Å². The van der Waals surface area contributed by atoms with E-state index in [2.05, 4.69) is 38.2 Å². The minimum Gasteiger partial charge on any atom is -0.462 e. The average molecular weight is 716 g/mol. The molecule has 0 rings (SSSR count). The summed E-state index contributed by atoms with van der Waals surface area (Å²) in [5.74, 6) is -0.847. The van der Waals surface area contributed by atoms with E-state index in [1.807, 2.05) is 0 Å². The smallest absolute Gasteiger partial charge is 0.462 e. The van der Waals surface area contributed by atoms with Crippen LogP contribution in [-0.4, -0.2) is 49.3 Å². The van der Waals surface area contributed by atoms with Crippen LogP contribution in [0.5, 0.6) is 0 Å². The second-order valence-corrected chi connectivity index (χ2v) is 14.6. The Morgan fingerprint density at radius 2 is 1.00 bits per heavy atom. The third-order valence-corrected chi connectivity index (χ3v) is 9.29. The number of phosphoric acid groups is 1. The quantitative estimate of drug-likeness (QED) is 0.0279. The number of carbonyl (C=O) groups is 2. The average Bonchev–Trinajstić information content (AvgIpc) is 3.08. The van der Waals surface area contributed by atoms with Crippen LogP contribution in [0.25, 0.3) is 0 Å². The van der Waals surface area contributed by atoms with Gasteiger partial charge in [-0.25, -0.2) is 4.57 Å². The molecule has 0 aliphatic rings. The van der Waals surface area contributed by atoms with Gasteiger partial charge >= 0.3 is 19.8 Å². The van der Waals surface area contributed by atoms with E-state index in [4.69, 9.17) is 24.3 Å². The van der Waals surface area contributed by atoms with Crippen molar-refractivity contribution >= 4 is 19.8 Å². The predicted molar refractivity (Wildman–Crippen MR) is 201 cm³/mol. The monoisotopic (exact) mass is 716 g/mol. The zero-order valence-corrected chi connectivity index (χ0v) is 32.3. The predicted octanol–water partition coefficient (Wildman–Crippen LogP) is 10.8. The Kier molecular flexibility index (Phi) is 35.2. The largest absolute Gasteiger partial charge is 0.472 e. The molecule has 0 aliphatic carbocycles. The summed E-state index contributed by atoms with van der Waals surface area (Å²) in [6.07, 6.45) is 36.3. The third-order valence-electron chi connectivity index (χ3n) is 8.31. The van der Waals surface area contributed by atoms with Crippen LogP contribution >= 0.6 is 7.82 Å². The van der Waals surface area contributed by atoms with Crippen molar-refractivity contribution in [3.05, 3.63) is 24.3 Å². The topological polar surface area (TPSA) is 134 Å². The number of esters is 2. The molecule has 1 unspecified atom stereocenters. The van der Waals surface area contributed by atoms with Gasteiger partial charge in [0.1, 0.15) is 6.61 Å². The van der Waals surface area contributed by atoms with Crippen molar-refractivity contribution in [3.63, 3.8) is 0 Å². The molecule has 0 saturated heterocycles. The van der Waals surface area contributed by atoms with Crippen molar-refractivity contribution in [1.29, 1.82) is 0 Å². The maximum atomic E-state index is 12.5. The Balaban J connectivity index is 4.23. The van der Waals surface area contributed by atoms with Crippen molar-refractivity contribution in [1.82, 2.24) is 0 Å². The van der Waals surface area contributed by atoms with Gasteiger partial charge in [0.2, 0.25) is 0 Å². The van der Waals surface area contributed by atoms with Crippen LogP contribution < -0.4 is 5.73 Å². The summed E-state index contributed by atoms with van der Waals surface area (Å²) < 4.78 is 32.7. The summed E-state index contributed by atoms with van der Waals surface area (Å²) in [5, 5.41) is 0. The van der Waals surface area contributed by atoms with Crippen LogP contribution in [0, 0.1) is 0 Å². The second kappa shape index (κ2) is 36.3. The normalized spacial score (nSPS) is 13.6. The zero-order chi connectivity index (χ0) is 36.1. The van der Waals surface area contributed by atoms with Crippen LogP contribution in [0.15, 0.2) is 24.3 Å². The Bertz CT molecular complexity index is 866. The molecule has 0 fully saturated rings. The first-order chi connectivity index (χ1) is 23.8. The van der Waals surface area contributed by atoms with Gasteiger partial charge < -0.3 is 20.1 Å². The van der Waals surface area contributed by atoms with Crippen LogP contribution in [0.1, 0.15) is 181 Å². The van der Waals surface area contributed by atoms with Gasteiger partial charge in [-0.05, 0) is 64.2 Å². The molecule has 288 valence electrons. The first-order valence-corrected chi connectivity index (χ1v) is 21.3. The minimum atomic E-state index is -4.37. The Labute approximate surface area is 300 Å². The Hall–Kier alpha value is -1.51. The summed E-state index contributed by atoms with van der Waals surface area (Å²) in [4.78, 5) is 34.7. The second-order valence-electron chi connectivity index (χ2n) is 13.1. The number of carbonyl (C=O) groups excluding carboxylic acids is 2. The van der Waals surface area contributed by atoms with Gasteiger partial charge in [-0.2, -0.15) is 0 Å². The molecule has 0 saturated carbocycles. The number of nitrogens with two attached hydrogens (primary N) is 1. The SMILES string of the molecule is CCCCCC/C=C/CCCCCCCC(=O)OC[C@H](COP(=O)(O)OCCN)OC(=O)CCCCCCC/C=C/CCCCCCCC. The highest BCUT2D eigenvalue weighted by atomic mass is 31.2. The van der Waals surface area contributed by atoms with E-state index in [0.717, 1.165) is 70.6 Å². The lowest BCUT2D eigenvalue weighted by molar-refractivity contribution is -0.161.